The molecule has 2 N–H and O–H groups in total. The van der Waals surface area contributed by atoms with Crippen molar-refractivity contribution in [1.29, 1.82) is 0 Å². The first-order chi connectivity index (χ1) is 9.24. The van der Waals surface area contributed by atoms with Crippen LogP contribution in [-0.2, 0) is 11.3 Å². The molecule has 0 amide bonds. The first kappa shape index (κ1) is 14.3. The van der Waals surface area contributed by atoms with Gasteiger partial charge in [0.05, 0.1) is 12.6 Å². The van der Waals surface area contributed by atoms with Crippen molar-refractivity contribution in [1.82, 2.24) is 15.5 Å². The lowest BCUT2D eigenvalue weighted by atomic mass is 10.1. The summed E-state index contributed by atoms with van der Waals surface area (Å²) < 4.78 is 11.2. The summed E-state index contributed by atoms with van der Waals surface area (Å²) in [6.45, 7) is 6.48. The molecule has 6 nitrogen and oxygen atoms in total. The minimum Gasteiger partial charge on any atom is -0.407 e. The predicted octanol–water partition coefficient (Wildman–Crippen LogP) is 1.94. The Balaban J connectivity index is 1.65. The third-order valence-electron chi connectivity index (χ3n) is 3.14. The van der Waals surface area contributed by atoms with Crippen LogP contribution in [-0.4, -0.2) is 35.5 Å². The molecule has 0 aromatic carbocycles. The van der Waals surface area contributed by atoms with Gasteiger partial charge in [-0.15, -0.1) is 5.10 Å². The quantitative estimate of drug-likeness (QED) is 0.787. The summed E-state index contributed by atoms with van der Waals surface area (Å²) in [7, 11) is 0. The number of ether oxygens (including phenoxy) is 1. The molecule has 2 rings (SSSR count). The Morgan fingerprint density at radius 1 is 1.32 bits per heavy atom. The Morgan fingerprint density at radius 2 is 2.21 bits per heavy atom. The number of rotatable bonds is 7. The summed E-state index contributed by atoms with van der Waals surface area (Å²) >= 11 is 0. The molecule has 1 atom stereocenters. The number of hydrogen-bond acceptors (Lipinski definition) is 6. The van der Waals surface area contributed by atoms with E-state index in [0.717, 1.165) is 26.0 Å². The molecule has 0 aliphatic carbocycles. The van der Waals surface area contributed by atoms with Crippen LogP contribution in [0.2, 0.25) is 0 Å². The van der Waals surface area contributed by atoms with Crippen molar-refractivity contribution >= 4 is 6.01 Å². The Morgan fingerprint density at radius 3 is 2.95 bits per heavy atom. The van der Waals surface area contributed by atoms with Gasteiger partial charge in [0, 0.05) is 19.2 Å². The van der Waals surface area contributed by atoms with Crippen LogP contribution in [0.1, 0.15) is 45.4 Å². The SMILES string of the molecule is CC(C)NCc1nnc(NCCC2CCCCO2)o1. The van der Waals surface area contributed by atoms with Crippen LogP contribution >= 0.6 is 0 Å². The van der Waals surface area contributed by atoms with Crippen molar-refractivity contribution in [2.45, 2.75) is 58.2 Å². The Hall–Kier alpha value is -1.14. The molecule has 1 unspecified atom stereocenters. The van der Waals surface area contributed by atoms with Crippen LogP contribution in [0.25, 0.3) is 0 Å². The average molecular weight is 268 g/mol. The smallest absolute Gasteiger partial charge is 0.315 e. The molecule has 0 bridgehead atoms. The molecule has 1 aromatic rings. The molecule has 1 aromatic heterocycles. The van der Waals surface area contributed by atoms with E-state index in [1.165, 1.54) is 12.8 Å². The van der Waals surface area contributed by atoms with Crippen LogP contribution < -0.4 is 10.6 Å². The summed E-state index contributed by atoms with van der Waals surface area (Å²) in [4.78, 5) is 0. The zero-order valence-electron chi connectivity index (χ0n) is 11.8. The number of aromatic nitrogens is 2. The third kappa shape index (κ3) is 5.16. The second-order valence-corrected chi connectivity index (χ2v) is 5.24. The number of nitrogens with one attached hydrogen (secondary N) is 2. The lowest BCUT2D eigenvalue weighted by Crippen LogP contribution is -2.22. The molecule has 1 aliphatic rings. The number of nitrogens with zero attached hydrogens (tertiary/aromatic N) is 2. The minimum atomic E-state index is 0.381. The Bertz CT molecular complexity index is 361. The van der Waals surface area contributed by atoms with Gasteiger partial charge in [-0.2, -0.15) is 0 Å². The topological polar surface area (TPSA) is 72.2 Å². The van der Waals surface area contributed by atoms with Crippen molar-refractivity contribution in [3.63, 3.8) is 0 Å². The van der Waals surface area contributed by atoms with Gasteiger partial charge in [-0.25, -0.2) is 0 Å². The second-order valence-electron chi connectivity index (χ2n) is 5.24. The molecule has 19 heavy (non-hydrogen) atoms. The van der Waals surface area contributed by atoms with Crippen LogP contribution in [0.15, 0.2) is 4.42 Å². The molecule has 0 saturated carbocycles. The molecule has 1 saturated heterocycles. The molecule has 1 aliphatic heterocycles. The zero-order chi connectivity index (χ0) is 13.5. The van der Waals surface area contributed by atoms with Gasteiger partial charge in [-0.3, -0.25) is 0 Å². The summed E-state index contributed by atoms with van der Waals surface area (Å²) in [6.07, 6.45) is 5.00. The van der Waals surface area contributed by atoms with Crippen LogP contribution in [0, 0.1) is 0 Å². The van der Waals surface area contributed by atoms with Crippen molar-refractivity contribution in [2.24, 2.45) is 0 Å². The van der Waals surface area contributed by atoms with Gasteiger partial charge in [0.2, 0.25) is 5.89 Å². The highest BCUT2D eigenvalue weighted by atomic mass is 16.5. The second kappa shape index (κ2) is 7.45. The molecule has 108 valence electrons. The van der Waals surface area contributed by atoms with Gasteiger partial charge in [-0.05, 0) is 25.7 Å². The standard InChI is InChI=1S/C13H24N4O2/c1-10(2)15-9-12-16-17-13(19-12)14-7-6-11-5-3-4-8-18-11/h10-11,15H,3-9H2,1-2H3,(H,14,17). The largest absolute Gasteiger partial charge is 0.407 e. The highest BCUT2D eigenvalue weighted by Crippen LogP contribution is 2.15. The lowest BCUT2D eigenvalue weighted by molar-refractivity contribution is 0.0134. The van der Waals surface area contributed by atoms with Crippen molar-refractivity contribution in [2.75, 3.05) is 18.5 Å². The van der Waals surface area contributed by atoms with E-state index >= 15 is 0 Å². The molecular weight excluding hydrogens is 244 g/mol. The highest BCUT2D eigenvalue weighted by molar-refractivity contribution is 5.16. The first-order valence-corrected chi connectivity index (χ1v) is 7.15. The van der Waals surface area contributed by atoms with Crippen molar-refractivity contribution in [3.05, 3.63) is 5.89 Å². The fourth-order valence-corrected chi connectivity index (χ4v) is 2.06. The molecule has 0 spiro atoms. The fraction of sp³-hybridized carbons (Fsp3) is 0.846. The Labute approximate surface area is 114 Å². The van der Waals surface area contributed by atoms with E-state index in [1.54, 1.807) is 0 Å². The van der Waals surface area contributed by atoms with Gasteiger partial charge in [0.1, 0.15) is 0 Å². The maximum absolute atomic E-state index is 5.67. The molecule has 6 heteroatoms. The van der Waals surface area contributed by atoms with Gasteiger partial charge >= 0.3 is 6.01 Å². The van der Waals surface area contributed by atoms with E-state index < -0.39 is 0 Å². The number of anilines is 1. The van der Waals surface area contributed by atoms with E-state index in [9.17, 15) is 0 Å². The van der Waals surface area contributed by atoms with Crippen molar-refractivity contribution in [3.8, 4) is 0 Å². The van der Waals surface area contributed by atoms with Gasteiger partial charge < -0.3 is 19.8 Å². The highest BCUT2D eigenvalue weighted by Gasteiger charge is 2.13. The first-order valence-electron chi connectivity index (χ1n) is 7.15. The molecule has 2 heterocycles. The summed E-state index contributed by atoms with van der Waals surface area (Å²) in [5, 5.41) is 14.3. The van der Waals surface area contributed by atoms with Crippen LogP contribution in [0.4, 0.5) is 6.01 Å². The molecular formula is C13H24N4O2. The van der Waals surface area contributed by atoms with E-state index in [4.69, 9.17) is 9.15 Å². The van der Waals surface area contributed by atoms with Crippen LogP contribution in [0.3, 0.4) is 0 Å². The van der Waals surface area contributed by atoms with E-state index in [2.05, 4.69) is 34.7 Å². The average Bonchev–Trinajstić information content (AvgIpc) is 2.86. The van der Waals surface area contributed by atoms with E-state index in [1.807, 2.05) is 0 Å². The summed E-state index contributed by atoms with van der Waals surface area (Å²) in [6, 6.07) is 0.906. The predicted molar refractivity (Wildman–Crippen MR) is 73.0 cm³/mol. The summed E-state index contributed by atoms with van der Waals surface area (Å²) in [5.74, 6) is 0.616. The van der Waals surface area contributed by atoms with Gasteiger partial charge in [0.15, 0.2) is 0 Å². The Kier molecular flexibility index (Phi) is 5.60. The van der Waals surface area contributed by atoms with Crippen molar-refractivity contribution < 1.29 is 9.15 Å². The molecule has 0 radical (unpaired) electrons. The third-order valence-corrected chi connectivity index (χ3v) is 3.14. The zero-order valence-corrected chi connectivity index (χ0v) is 11.8. The van der Waals surface area contributed by atoms with E-state index in [-0.39, 0.29) is 0 Å². The van der Waals surface area contributed by atoms with Crippen LogP contribution in [0.5, 0.6) is 0 Å². The minimum absolute atomic E-state index is 0.381. The van der Waals surface area contributed by atoms with Gasteiger partial charge in [0.25, 0.3) is 0 Å². The maximum Gasteiger partial charge on any atom is 0.315 e. The molecule has 1 fully saturated rings. The van der Waals surface area contributed by atoms with Gasteiger partial charge in [-0.1, -0.05) is 18.9 Å². The fourth-order valence-electron chi connectivity index (χ4n) is 2.06. The number of hydrogen-bond donors (Lipinski definition) is 2. The lowest BCUT2D eigenvalue weighted by Gasteiger charge is -2.22. The monoisotopic (exact) mass is 268 g/mol. The summed E-state index contributed by atoms with van der Waals surface area (Å²) in [5.41, 5.74) is 0. The maximum atomic E-state index is 5.67. The van der Waals surface area contributed by atoms with E-state index in [0.29, 0.717) is 30.6 Å². The normalized spacial score (nSPS) is 19.8.